The van der Waals surface area contributed by atoms with Crippen LogP contribution in [0, 0.1) is 36.3 Å². The molecule has 18 nitrogen and oxygen atoms in total. The Balaban J connectivity index is 0.000000122. The number of halogens is 5. The van der Waals surface area contributed by atoms with Gasteiger partial charge in [0.25, 0.3) is 17.7 Å². The predicted octanol–water partition coefficient (Wildman–Crippen LogP) is 12.8. The topological polar surface area (TPSA) is 216 Å². The Bertz CT molecular complexity index is 3800. The van der Waals surface area contributed by atoms with Gasteiger partial charge in [0.15, 0.2) is 5.82 Å². The molecule has 448 valence electrons. The van der Waals surface area contributed by atoms with Crippen LogP contribution in [0.25, 0.3) is 34.3 Å². The molecular weight excluding hydrogens is 1320 g/mol. The van der Waals surface area contributed by atoms with E-state index < -0.39 is 11.6 Å². The molecule has 23 heteroatoms. The summed E-state index contributed by atoms with van der Waals surface area (Å²) in [5, 5.41) is 0. The molecule has 6 fully saturated rings. The average molecular weight is 1380 g/mol. The van der Waals surface area contributed by atoms with Gasteiger partial charge in [-0.2, -0.15) is 0 Å². The number of aromatic nitrogens is 10. The second-order valence-electron chi connectivity index (χ2n) is 23.2. The molecule has 88 heavy (non-hydrogen) atoms. The molecule has 6 aliphatic heterocycles. The van der Waals surface area contributed by atoms with Crippen LogP contribution in [-0.4, -0.2) is 119 Å². The quantitative estimate of drug-likeness (QED) is 0.111. The van der Waals surface area contributed by atoms with Gasteiger partial charge in [-0.3, -0.25) is 29.3 Å². The predicted molar refractivity (Wildman–Crippen MR) is 330 cm³/mol. The van der Waals surface area contributed by atoms with Crippen LogP contribution in [0.2, 0.25) is 0 Å². The van der Waals surface area contributed by atoms with Crippen molar-refractivity contribution in [2.24, 2.45) is 17.8 Å². The van der Waals surface area contributed by atoms with Crippen LogP contribution in [0.1, 0.15) is 112 Å². The van der Waals surface area contributed by atoms with Gasteiger partial charge in [-0.1, -0.05) is 24.3 Å². The number of benzene rings is 3. The van der Waals surface area contributed by atoms with Gasteiger partial charge in [-0.15, -0.1) is 0 Å². The van der Waals surface area contributed by atoms with Crippen molar-refractivity contribution in [1.82, 2.24) is 64.5 Å². The summed E-state index contributed by atoms with van der Waals surface area (Å²) in [6.45, 7) is 1.99. The summed E-state index contributed by atoms with van der Waals surface area (Å²) in [5.74, 6) is 0.712. The Morgan fingerprint density at radius 3 is 1.24 bits per heavy atom. The van der Waals surface area contributed by atoms with Gasteiger partial charge >= 0.3 is 0 Å². The number of oxazole rings is 2. The van der Waals surface area contributed by atoms with E-state index in [1.807, 2.05) is 41.1 Å². The van der Waals surface area contributed by atoms with Crippen LogP contribution in [0.5, 0.6) is 0 Å². The lowest BCUT2D eigenvalue weighted by Crippen LogP contribution is -2.37. The number of hydrogen-bond donors (Lipinski definition) is 0. The number of rotatable bonds is 12. The third-order valence-corrected chi connectivity index (χ3v) is 19.4. The molecule has 0 aliphatic carbocycles. The van der Waals surface area contributed by atoms with Crippen LogP contribution in [0.3, 0.4) is 0 Å². The van der Waals surface area contributed by atoms with Gasteiger partial charge in [-0.25, -0.2) is 43.7 Å². The lowest BCUT2D eigenvalue weighted by Gasteiger charge is -2.25. The largest absolute Gasteiger partial charge is 0.444 e. The highest BCUT2D eigenvalue weighted by atomic mass is 79.9. The van der Waals surface area contributed by atoms with Crippen molar-refractivity contribution in [3.8, 4) is 34.3 Å². The highest BCUT2D eigenvalue weighted by molar-refractivity contribution is 9.11. The van der Waals surface area contributed by atoms with E-state index in [1.165, 1.54) is 24.6 Å². The van der Waals surface area contributed by atoms with Crippen LogP contribution >= 0.6 is 47.8 Å². The van der Waals surface area contributed by atoms with Crippen molar-refractivity contribution < 1.29 is 32.0 Å². The molecule has 0 saturated carbocycles. The van der Waals surface area contributed by atoms with E-state index in [4.69, 9.17) is 8.83 Å². The van der Waals surface area contributed by atoms with E-state index in [2.05, 4.69) is 103 Å². The van der Waals surface area contributed by atoms with E-state index in [1.54, 1.807) is 86.2 Å². The molecule has 0 N–H and O–H groups in total. The van der Waals surface area contributed by atoms with Gasteiger partial charge < -0.3 is 23.5 Å². The van der Waals surface area contributed by atoms with Crippen molar-refractivity contribution in [2.75, 3.05) is 0 Å². The number of hydrogen-bond acceptors (Lipinski definition) is 15. The molecule has 3 aromatic carbocycles. The maximum absolute atomic E-state index is 14.7. The number of carbonyl (C=O) groups is 3. The Morgan fingerprint density at radius 2 is 0.841 bits per heavy atom. The lowest BCUT2D eigenvalue weighted by atomic mass is 9.86. The molecule has 15 rings (SSSR count). The second-order valence-corrected chi connectivity index (χ2v) is 25.6. The minimum Gasteiger partial charge on any atom is -0.444 e. The zero-order valence-electron chi connectivity index (χ0n) is 47.6. The van der Waals surface area contributed by atoms with E-state index in [9.17, 15) is 23.2 Å². The summed E-state index contributed by atoms with van der Waals surface area (Å²) in [6, 6.07) is 17.7. The molecule has 9 aromatic rings. The van der Waals surface area contributed by atoms with Crippen LogP contribution in [0.4, 0.5) is 8.78 Å². The van der Waals surface area contributed by atoms with E-state index in [0.717, 1.165) is 110 Å². The van der Waals surface area contributed by atoms with Gasteiger partial charge in [0.05, 0.1) is 81.4 Å². The molecule has 9 unspecified atom stereocenters. The highest BCUT2D eigenvalue weighted by Gasteiger charge is 2.52. The maximum Gasteiger partial charge on any atom is 0.255 e. The normalized spacial score (nSPS) is 22.8. The molecule has 9 atom stereocenters. The first-order valence-electron chi connectivity index (χ1n) is 29.5. The molecule has 0 spiro atoms. The van der Waals surface area contributed by atoms with Gasteiger partial charge in [0, 0.05) is 67.2 Å². The van der Waals surface area contributed by atoms with Crippen molar-refractivity contribution in [3.63, 3.8) is 0 Å². The zero-order valence-corrected chi connectivity index (χ0v) is 52.4. The summed E-state index contributed by atoms with van der Waals surface area (Å²) < 4.78 is 42.3. The minimum absolute atomic E-state index is 0.0822. The first kappa shape index (κ1) is 59.1. The minimum atomic E-state index is -0.508. The summed E-state index contributed by atoms with van der Waals surface area (Å²) in [4.78, 5) is 89.5. The SMILES string of the molecule is Cc1cccc(C(=O)N2C3CCC2C(Cc2cnc(Br)cn2)C3)c1-c1ncco1.O=C(c1cccc(F)c1-c1ncccn1)N1C2CCC1C(Cc1cnc(Br)cn1)C2.O=C(c1cccc(F)c1-c1ncco1)N1C2CCC1C(Cc1cnc(Br)cn1)C2. The van der Waals surface area contributed by atoms with Crippen molar-refractivity contribution in [1.29, 1.82) is 0 Å². The average Bonchev–Trinajstić information content (AvgIpc) is 2.35. The fraction of sp³-hybridized carbons (Fsp3) is 0.338. The fourth-order valence-electron chi connectivity index (χ4n) is 14.6. The molecule has 12 heterocycles. The number of carbonyl (C=O) groups excluding carboxylic acids is 3. The number of fused-ring (bicyclic) bond motifs is 6. The van der Waals surface area contributed by atoms with Gasteiger partial charge in [-0.05, 0) is 191 Å². The number of amides is 3. The zero-order chi connectivity index (χ0) is 60.6. The Labute approximate surface area is 530 Å². The third kappa shape index (κ3) is 12.0. The van der Waals surface area contributed by atoms with Gasteiger partial charge in [0.1, 0.15) is 38.0 Å². The number of aryl methyl sites for hydroxylation is 1. The Kier molecular flexibility index (Phi) is 17.2. The van der Waals surface area contributed by atoms with Crippen molar-refractivity contribution >= 4 is 65.5 Å². The molecular formula is C65H58Br3F2N13O5. The van der Waals surface area contributed by atoms with Crippen LogP contribution in [0.15, 0.2) is 158 Å². The van der Waals surface area contributed by atoms with Crippen LogP contribution in [-0.2, 0) is 19.3 Å². The van der Waals surface area contributed by atoms with Crippen molar-refractivity contribution in [2.45, 2.75) is 120 Å². The summed E-state index contributed by atoms with van der Waals surface area (Å²) in [6.07, 6.45) is 30.9. The van der Waals surface area contributed by atoms with E-state index in [0.29, 0.717) is 55.6 Å². The molecule has 6 bridgehead atoms. The Hall–Kier alpha value is -7.89. The smallest absolute Gasteiger partial charge is 0.255 e. The molecule has 6 saturated heterocycles. The molecule has 3 amide bonds. The fourth-order valence-corrected chi connectivity index (χ4v) is 15.2. The Morgan fingerprint density at radius 1 is 0.455 bits per heavy atom. The molecule has 6 aliphatic rings. The van der Waals surface area contributed by atoms with E-state index in [-0.39, 0.29) is 70.8 Å². The van der Waals surface area contributed by atoms with E-state index >= 15 is 0 Å². The monoisotopic (exact) mass is 1380 g/mol. The van der Waals surface area contributed by atoms with Crippen molar-refractivity contribution in [3.05, 3.63) is 200 Å². The summed E-state index contributed by atoms with van der Waals surface area (Å²) >= 11 is 9.95. The standard InChI is InChI=1S/C22H19BrFN5O.C22H21BrN4O2.C21H18BrFN4O2/c23-19-12-27-14(11-28-19)9-13-10-15-5-6-18(13)29(15)22(30)16-3-1-4-17(24)20(16)21-25-7-2-8-26-21;1-13-3-2-4-17(20(13)21-24-7-8-29-21)22(28)27-16-5-6-18(27)14(10-16)9-15-11-26-19(23)12-25-15;22-18-11-25-13(10-26-18)8-12-9-14-4-5-17(12)27(14)21(28)15-2-1-3-16(23)19(15)20-24-6-7-29-20/h1-4,7-8,11-13,15,18H,5-6,9-10H2;2-4,7-8,11-12,14,16,18H,5-6,9-10H2,1H3;1-3,6-7,10-12,14,17H,4-5,8-9H2. The summed E-state index contributed by atoms with van der Waals surface area (Å²) in [7, 11) is 0. The highest BCUT2D eigenvalue weighted by Crippen LogP contribution is 2.47. The van der Waals surface area contributed by atoms with Crippen LogP contribution < -0.4 is 0 Å². The third-order valence-electron chi connectivity index (χ3n) is 18.2. The maximum atomic E-state index is 14.7. The molecule has 0 radical (unpaired) electrons. The number of nitrogens with zero attached hydrogens (tertiary/aromatic N) is 13. The first-order chi connectivity index (χ1) is 42.8. The summed E-state index contributed by atoms with van der Waals surface area (Å²) in [5.41, 5.74) is 6.21. The first-order valence-corrected chi connectivity index (χ1v) is 31.8. The molecule has 6 aromatic heterocycles. The van der Waals surface area contributed by atoms with Gasteiger partial charge in [0.2, 0.25) is 11.8 Å². The lowest BCUT2D eigenvalue weighted by molar-refractivity contribution is 0.0711. The second kappa shape index (κ2) is 25.7.